The topological polar surface area (TPSA) is 57.5 Å². The zero-order valence-corrected chi connectivity index (χ0v) is 15.6. The van der Waals surface area contributed by atoms with Crippen molar-refractivity contribution in [3.63, 3.8) is 0 Å². The lowest BCUT2D eigenvalue weighted by molar-refractivity contribution is -0.137. The Morgan fingerprint density at radius 2 is 2.20 bits per heavy atom. The number of hydrogen-bond acceptors (Lipinski definition) is 2. The van der Waals surface area contributed by atoms with Crippen LogP contribution in [-0.2, 0) is 4.79 Å². The Balaban J connectivity index is 1.83. The molecule has 2 aliphatic rings. The molecule has 0 aliphatic heterocycles. The van der Waals surface area contributed by atoms with Crippen molar-refractivity contribution in [2.45, 2.75) is 71.3 Å². The highest BCUT2D eigenvalue weighted by Crippen LogP contribution is 2.50. The molecule has 3 heteroatoms. The first-order chi connectivity index (χ1) is 12.0. The smallest absolute Gasteiger partial charge is 0.303 e. The summed E-state index contributed by atoms with van der Waals surface area (Å²) in [6.45, 7) is 4.10. The lowest BCUT2D eigenvalue weighted by Gasteiger charge is -2.17. The van der Waals surface area contributed by atoms with Crippen LogP contribution >= 0.6 is 0 Å². The van der Waals surface area contributed by atoms with Crippen LogP contribution in [0, 0.1) is 35.5 Å². The first-order valence-corrected chi connectivity index (χ1v) is 9.65. The molecule has 0 radical (unpaired) electrons. The average Bonchev–Trinajstić information content (AvgIpc) is 3.07. The van der Waals surface area contributed by atoms with E-state index in [1.165, 1.54) is 5.57 Å². The second kappa shape index (κ2) is 9.82. The molecule has 2 aliphatic carbocycles. The van der Waals surface area contributed by atoms with Crippen LogP contribution in [0.3, 0.4) is 0 Å². The lowest BCUT2D eigenvalue weighted by Crippen LogP contribution is -2.16. The van der Waals surface area contributed by atoms with Crippen molar-refractivity contribution in [2.75, 3.05) is 0 Å². The number of carbonyl (C=O) groups is 1. The van der Waals surface area contributed by atoms with E-state index in [4.69, 9.17) is 5.11 Å². The SMILES string of the molecule is CC#CCC(C)C/C=C/C1C(O)CC2C/C(=C/CCCC(=O)O)CC21. The van der Waals surface area contributed by atoms with Gasteiger partial charge in [0, 0.05) is 18.8 Å². The fourth-order valence-electron chi connectivity index (χ4n) is 4.33. The summed E-state index contributed by atoms with van der Waals surface area (Å²) in [4.78, 5) is 10.6. The van der Waals surface area contributed by atoms with Gasteiger partial charge in [0.2, 0.25) is 0 Å². The molecule has 0 saturated heterocycles. The first kappa shape index (κ1) is 19.8. The number of aliphatic hydroxyl groups is 1. The van der Waals surface area contributed by atoms with Crippen LogP contribution in [0.2, 0.25) is 0 Å². The van der Waals surface area contributed by atoms with Gasteiger partial charge >= 0.3 is 5.97 Å². The van der Waals surface area contributed by atoms with Crippen LogP contribution in [0.5, 0.6) is 0 Å². The first-order valence-electron chi connectivity index (χ1n) is 9.65. The van der Waals surface area contributed by atoms with Crippen molar-refractivity contribution in [1.82, 2.24) is 0 Å². The maximum absolute atomic E-state index is 10.6. The molecule has 0 aromatic carbocycles. The summed E-state index contributed by atoms with van der Waals surface area (Å²) in [5.41, 5.74) is 1.47. The van der Waals surface area contributed by atoms with Crippen molar-refractivity contribution in [3.8, 4) is 11.8 Å². The Bertz CT molecular complexity index is 564. The molecular formula is C22H32O3. The van der Waals surface area contributed by atoms with Crippen LogP contribution < -0.4 is 0 Å². The third kappa shape index (κ3) is 6.04. The molecule has 0 aromatic rings. The molecule has 0 heterocycles. The number of hydrogen-bond donors (Lipinski definition) is 2. The Hall–Kier alpha value is -1.53. The molecule has 2 rings (SSSR count). The van der Waals surface area contributed by atoms with Crippen molar-refractivity contribution < 1.29 is 15.0 Å². The molecule has 0 bridgehead atoms. The summed E-state index contributed by atoms with van der Waals surface area (Å²) in [7, 11) is 0. The van der Waals surface area contributed by atoms with Gasteiger partial charge < -0.3 is 10.2 Å². The maximum atomic E-state index is 10.6. The van der Waals surface area contributed by atoms with Gasteiger partial charge in [-0.15, -0.1) is 11.8 Å². The number of carboxylic acid groups (broad SMARTS) is 1. The van der Waals surface area contributed by atoms with E-state index in [9.17, 15) is 9.90 Å². The minimum Gasteiger partial charge on any atom is -0.481 e. The molecule has 2 saturated carbocycles. The second-order valence-electron chi connectivity index (χ2n) is 7.76. The highest BCUT2D eigenvalue weighted by molar-refractivity contribution is 5.66. The summed E-state index contributed by atoms with van der Waals surface area (Å²) in [5, 5.41) is 19.1. The molecule has 3 nitrogen and oxygen atoms in total. The second-order valence-corrected chi connectivity index (χ2v) is 7.76. The predicted octanol–water partition coefficient (Wildman–Crippen LogP) is 4.57. The van der Waals surface area contributed by atoms with Gasteiger partial charge in [-0.25, -0.2) is 0 Å². The van der Waals surface area contributed by atoms with E-state index in [1.807, 2.05) is 6.92 Å². The zero-order chi connectivity index (χ0) is 18.2. The lowest BCUT2D eigenvalue weighted by atomic mass is 9.90. The van der Waals surface area contributed by atoms with Gasteiger partial charge in [0.05, 0.1) is 6.10 Å². The molecule has 5 atom stereocenters. The Kier molecular flexibility index (Phi) is 7.78. The Labute approximate surface area is 152 Å². The molecule has 5 unspecified atom stereocenters. The van der Waals surface area contributed by atoms with Crippen LogP contribution in [0.4, 0.5) is 0 Å². The quantitative estimate of drug-likeness (QED) is 0.385. The zero-order valence-electron chi connectivity index (χ0n) is 15.6. The highest BCUT2D eigenvalue weighted by Gasteiger charge is 2.44. The fourth-order valence-corrected chi connectivity index (χ4v) is 4.33. The summed E-state index contributed by atoms with van der Waals surface area (Å²) in [6.07, 6.45) is 13.4. The van der Waals surface area contributed by atoms with Crippen molar-refractivity contribution in [2.24, 2.45) is 23.7 Å². The van der Waals surface area contributed by atoms with E-state index in [0.717, 1.165) is 44.9 Å². The summed E-state index contributed by atoms with van der Waals surface area (Å²) in [6, 6.07) is 0. The minimum atomic E-state index is -0.714. The number of aliphatic hydroxyl groups excluding tert-OH is 1. The maximum Gasteiger partial charge on any atom is 0.303 e. The number of aliphatic carboxylic acids is 1. The molecule has 138 valence electrons. The number of allylic oxidation sites excluding steroid dienone is 3. The van der Waals surface area contributed by atoms with E-state index in [1.54, 1.807) is 0 Å². The molecule has 0 amide bonds. The Morgan fingerprint density at radius 3 is 2.92 bits per heavy atom. The van der Waals surface area contributed by atoms with E-state index in [-0.39, 0.29) is 18.4 Å². The predicted molar refractivity (Wildman–Crippen MR) is 101 cm³/mol. The van der Waals surface area contributed by atoms with Gasteiger partial charge in [-0.2, -0.15) is 0 Å². The molecule has 25 heavy (non-hydrogen) atoms. The minimum absolute atomic E-state index is 0.203. The van der Waals surface area contributed by atoms with Gasteiger partial charge in [-0.1, -0.05) is 30.7 Å². The van der Waals surface area contributed by atoms with Gasteiger partial charge in [0.25, 0.3) is 0 Å². The van der Waals surface area contributed by atoms with Gasteiger partial charge in [-0.05, 0) is 63.2 Å². The van der Waals surface area contributed by atoms with Gasteiger partial charge in [0.15, 0.2) is 0 Å². The molecule has 0 spiro atoms. The van der Waals surface area contributed by atoms with E-state index >= 15 is 0 Å². The van der Waals surface area contributed by atoms with E-state index in [0.29, 0.717) is 17.8 Å². The normalized spacial score (nSPS) is 31.1. The standard InChI is InChI=1S/C22H32O3/c1-3-4-8-16(2)9-7-11-19-20-14-17(10-5-6-12-22(24)25)13-18(20)15-21(19)23/h7,10-11,16,18-21,23H,5-6,8-9,12-15H2,1-2H3,(H,24,25)/b11-7+,17-10-. The third-order valence-corrected chi connectivity index (χ3v) is 5.66. The monoisotopic (exact) mass is 344 g/mol. The van der Waals surface area contributed by atoms with E-state index in [2.05, 4.69) is 37.0 Å². The van der Waals surface area contributed by atoms with Crippen molar-refractivity contribution >= 4 is 5.97 Å². The largest absolute Gasteiger partial charge is 0.481 e. The summed E-state index contributed by atoms with van der Waals surface area (Å²) < 4.78 is 0. The molecular weight excluding hydrogens is 312 g/mol. The number of unbranched alkanes of at least 4 members (excludes halogenated alkanes) is 1. The average molecular weight is 344 g/mol. The van der Waals surface area contributed by atoms with Crippen LogP contribution in [-0.4, -0.2) is 22.3 Å². The third-order valence-electron chi connectivity index (χ3n) is 5.66. The van der Waals surface area contributed by atoms with Crippen LogP contribution in [0.25, 0.3) is 0 Å². The highest BCUT2D eigenvalue weighted by atomic mass is 16.4. The van der Waals surface area contributed by atoms with Crippen LogP contribution in [0.1, 0.15) is 65.2 Å². The van der Waals surface area contributed by atoms with Gasteiger partial charge in [0.1, 0.15) is 0 Å². The number of carboxylic acids is 1. The fraction of sp³-hybridized carbons (Fsp3) is 0.682. The summed E-state index contributed by atoms with van der Waals surface area (Å²) in [5.74, 6) is 7.36. The number of fused-ring (bicyclic) bond motifs is 1. The Morgan fingerprint density at radius 1 is 1.40 bits per heavy atom. The van der Waals surface area contributed by atoms with Gasteiger partial charge in [-0.3, -0.25) is 4.79 Å². The van der Waals surface area contributed by atoms with E-state index < -0.39 is 5.97 Å². The summed E-state index contributed by atoms with van der Waals surface area (Å²) >= 11 is 0. The number of rotatable bonds is 8. The molecule has 2 fully saturated rings. The van der Waals surface area contributed by atoms with Crippen molar-refractivity contribution in [3.05, 3.63) is 23.8 Å². The van der Waals surface area contributed by atoms with Crippen molar-refractivity contribution in [1.29, 1.82) is 0 Å². The molecule has 2 N–H and O–H groups in total. The molecule has 0 aromatic heterocycles. The van der Waals surface area contributed by atoms with Crippen LogP contribution in [0.15, 0.2) is 23.8 Å².